The number of benzene rings is 3. The fraction of sp³-hybridized carbons (Fsp3) is 0.120. The molecule has 4 rings (SSSR count). The third-order valence-corrected chi connectivity index (χ3v) is 5.15. The number of aryl methyl sites for hydroxylation is 1. The highest BCUT2D eigenvalue weighted by Gasteiger charge is 2.40. The number of amides is 1. The fourth-order valence-electron chi connectivity index (χ4n) is 3.15. The van der Waals surface area contributed by atoms with E-state index in [0.29, 0.717) is 5.69 Å². The predicted octanol–water partition coefficient (Wildman–Crippen LogP) is 6.58. The first-order valence-corrected chi connectivity index (χ1v) is 10.6. The molecule has 6 nitrogen and oxygen atoms in total. The lowest BCUT2D eigenvalue weighted by Crippen LogP contribution is -2.20. The monoisotopic (exact) mass is 503 g/mol. The van der Waals surface area contributed by atoms with Gasteiger partial charge in [-0.25, -0.2) is 0 Å². The van der Waals surface area contributed by atoms with E-state index in [1.807, 2.05) is 19.1 Å². The normalized spacial score (nSPS) is 11.3. The Balaban J connectivity index is 1.61. The summed E-state index contributed by atoms with van der Waals surface area (Å²) >= 11 is 5.96. The van der Waals surface area contributed by atoms with Crippen LogP contribution in [0.4, 0.5) is 18.9 Å². The maximum absolute atomic E-state index is 13.7. The molecule has 35 heavy (non-hydrogen) atoms. The molecular formula is C25H17ClF3NO5. The van der Waals surface area contributed by atoms with E-state index in [4.69, 9.17) is 25.5 Å². The van der Waals surface area contributed by atoms with Crippen LogP contribution in [-0.4, -0.2) is 12.5 Å². The molecule has 1 N–H and O–H groups in total. The first kappa shape index (κ1) is 24.2. The average Bonchev–Trinajstić information content (AvgIpc) is 2.81. The fourth-order valence-corrected chi connectivity index (χ4v) is 3.32. The van der Waals surface area contributed by atoms with Crippen LogP contribution in [0.2, 0.25) is 5.02 Å². The van der Waals surface area contributed by atoms with E-state index in [2.05, 4.69) is 5.32 Å². The van der Waals surface area contributed by atoms with Gasteiger partial charge < -0.3 is 19.2 Å². The van der Waals surface area contributed by atoms with E-state index in [-0.39, 0.29) is 27.5 Å². The molecule has 0 saturated carbocycles. The van der Waals surface area contributed by atoms with E-state index >= 15 is 0 Å². The van der Waals surface area contributed by atoms with Gasteiger partial charge in [0.05, 0.1) is 10.4 Å². The summed E-state index contributed by atoms with van der Waals surface area (Å²) in [6.07, 6.45) is -5.03. The highest BCUT2D eigenvalue weighted by molar-refractivity contribution is 6.32. The molecule has 1 aromatic heterocycles. The SMILES string of the molecule is Cc1ccc(NC(=O)COc2ccc3c(=O)c(Oc4ccccc4Cl)c(C(F)(F)F)oc3c2)cc1. The molecule has 0 bridgehead atoms. The minimum Gasteiger partial charge on any atom is -0.484 e. The van der Waals surface area contributed by atoms with Crippen molar-refractivity contribution in [1.82, 2.24) is 0 Å². The number of nitrogens with one attached hydrogen (secondary N) is 1. The van der Waals surface area contributed by atoms with Crippen molar-refractivity contribution in [3.8, 4) is 17.2 Å². The molecule has 180 valence electrons. The Hall–Kier alpha value is -3.98. The van der Waals surface area contributed by atoms with Crippen LogP contribution in [-0.2, 0) is 11.0 Å². The van der Waals surface area contributed by atoms with Gasteiger partial charge in [0, 0.05) is 11.8 Å². The number of hydrogen-bond acceptors (Lipinski definition) is 5. The smallest absolute Gasteiger partial charge is 0.453 e. The minimum absolute atomic E-state index is 0.0211. The Kier molecular flexibility index (Phi) is 6.70. The number of carbonyl (C=O) groups excluding carboxylic acids is 1. The van der Waals surface area contributed by atoms with Gasteiger partial charge in [-0.1, -0.05) is 41.4 Å². The van der Waals surface area contributed by atoms with Crippen LogP contribution >= 0.6 is 11.6 Å². The summed E-state index contributed by atoms with van der Waals surface area (Å²) < 4.78 is 56.8. The second-order valence-electron chi connectivity index (χ2n) is 7.48. The zero-order chi connectivity index (χ0) is 25.2. The van der Waals surface area contributed by atoms with Gasteiger partial charge in [0.1, 0.15) is 17.1 Å². The van der Waals surface area contributed by atoms with Crippen molar-refractivity contribution in [2.45, 2.75) is 13.1 Å². The van der Waals surface area contributed by atoms with Crippen molar-refractivity contribution in [2.24, 2.45) is 0 Å². The predicted molar refractivity (Wildman–Crippen MR) is 124 cm³/mol. The Bertz CT molecular complexity index is 1450. The van der Waals surface area contributed by atoms with Crippen LogP contribution in [0.25, 0.3) is 11.0 Å². The maximum Gasteiger partial charge on any atom is 0.453 e. The molecule has 1 heterocycles. The van der Waals surface area contributed by atoms with Crippen molar-refractivity contribution < 1.29 is 31.9 Å². The largest absolute Gasteiger partial charge is 0.484 e. The molecule has 4 aromatic rings. The molecule has 0 aliphatic carbocycles. The molecular weight excluding hydrogens is 487 g/mol. The third kappa shape index (κ3) is 5.58. The van der Waals surface area contributed by atoms with E-state index in [9.17, 15) is 22.8 Å². The van der Waals surface area contributed by atoms with Gasteiger partial charge in [-0.05, 0) is 43.3 Å². The van der Waals surface area contributed by atoms with E-state index in [0.717, 1.165) is 11.6 Å². The summed E-state index contributed by atoms with van der Waals surface area (Å²) in [6, 6.07) is 16.5. The highest BCUT2D eigenvalue weighted by Crippen LogP contribution is 2.39. The molecule has 0 unspecified atom stereocenters. The molecule has 0 aliphatic rings. The second kappa shape index (κ2) is 9.71. The van der Waals surface area contributed by atoms with E-state index in [1.54, 1.807) is 18.2 Å². The summed E-state index contributed by atoms with van der Waals surface area (Å²) in [7, 11) is 0. The minimum atomic E-state index is -5.03. The molecule has 0 fully saturated rings. The molecule has 3 aromatic carbocycles. The molecule has 0 saturated heterocycles. The maximum atomic E-state index is 13.7. The van der Waals surface area contributed by atoms with Crippen LogP contribution in [0.5, 0.6) is 17.2 Å². The van der Waals surface area contributed by atoms with Gasteiger partial charge in [-0.15, -0.1) is 0 Å². The van der Waals surface area contributed by atoms with Gasteiger partial charge in [0.15, 0.2) is 6.61 Å². The van der Waals surface area contributed by atoms with Crippen LogP contribution in [0.15, 0.2) is 75.9 Å². The van der Waals surface area contributed by atoms with Crippen molar-refractivity contribution in [2.75, 3.05) is 11.9 Å². The number of hydrogen-bond donors (Lipinski definition) is 1. The summed E-state index contributed by atoms with van der Waals surface area (Å²) in [4.78, 5) is 25.0. The van der Waals surface area contributed by atoms with E-state index in [1.165, 1.54) is 30.3 Å². The molecule has 1 amide bonds. The number of carbonyl (C=O) groups is 1. The van der Waals surface area contributed by atoms with Crippen molar-refractivity contribution in [1.29, 1.82) is 0 Å². The van der Waals surface area contributed by atoms with Gasteiger partial charge in [0.25, 0.3) is 11.7 Å². The molecule has 10 heteroatoms. The van der Waals surface area contributed by atoms with Crippen LogP contribution in [0, 0.1) is 6.92 Å². The molecule has 0 radical (unpaired) electrons. The number of ether oxygens (including phenoxy) is 2. The molecule has 0 aliphatic heterocycles. The summed E-state index contributed by atoms with van der Waals surface area (Å²) in [6.45, 7) is 1.49. The summed E-state index contributed by atoms with van der Waals surface area (Å²) in [5.74, 6) is -3.23. The van der Waals surface area contributed by atoms with Gasteiger partial charge >= 0.3 is 6.18 Å². The Labute approximate surface area is 201 Å². The van der Waals surface area contributed by atoms with Crippen LogP contribution in [0.1, 0.15) is 11.3 Å². The Morgan fingerprint density at radius 2 is 1.77 bits per heavy atom. The van der Waals surface area contributed by atoms with Crippen LogP contribution < -0.4 is 20.2 Å². The zero-order valence-corrected chi connectivity index (χ0v) is 18.9. The average molecular weight is 504 g/mol. The number of rotatable bonds is 6. The van der Waals surface area contributed by atoms with E-state index < -0.39 is 35.6 Å². The van der Waals surface area contributed by atoms with Crippen molar-refractivity contribution >= 4 is 34.2 Å². The number of alkyl halides is 3. The van der Waals surface area contributed by atoms with Gasteiger partial charge in [0.2, 0.25) is 11.2 Å². The number of para-hydroxylation sites is 1. The summed E-state index contributed by atoms with van der Waals surface area (Å²) in [5.41, 5.74) is 0.164. The Morgan fingerprint density at radius 3 is 2.46 bits per heavy atom. The molecule has 0 atom stereocenters. The van der Waals surface area contributed by atoms with Crippen molar-refractivity contribution in [3.63, 3.8) is 0 Å². The third-order valence-electron chi connectivity index (χ3n) is 4.83. The standard InChI is InChI=1S/C25H17ClF3NO5/c1-14-6-8-15(9-7-14)30-21(31)13-33-16-10-11-17-20(12-16)35-24(25(27,28)29)23(22(17)32)34-19-5-3-2-4-18(19)26/h2-12H,13H2,1H3,(H,30,31). The number of fused-ring (bicyclic) bond motifs is 1. The lowest BCUT2D eigenvalue weighted by Gasteiger charge is -2.14. The Morgan fingerprint density at radius 1 is 1.06 bits per heavy atom. The first-order chi connectivity index (χ1) is 16.6. The topological polar surface area (TPSA) is 77.8 Å². The van der Waals surface area contributed by atoms with Crippen molar-refractivity contribution in [3.05, 3.63) is 93.3 Å². The number of anilines is 1. The number of halogens is 4. The zero-order valence-electron chi connectivity index (χ0n) is 18.1. The van der Waals surface area contributed by atoms with Crippen LogP contribution in [0.3, 0.4) is 0 Å². The highest BCUT2D eigenvalue weighted by atomic mass is 35.5. The molecule has 0 spiro atoms. The summed E-state index contributed by atoms with van der Waals surface area (Å²) in [5, 5.41) is 2.49. The lowest BCUT2D eigenvalue weighted by molar-refractivity contribution is -0.154. The first-order valence-electron chi connectivity index (χ1n) is 10.2. The quantitative estimate of drug-likeness (QED) is 0.321. The van der Waals surface area contributed by atoms with Gasteiger partial charge in [-0.2, -0.15) is 13.2 Å². The second-order valence-corrected chi connectivity index (χ2v) is 7.89. The van der Waals surface area contributed by atoms with Gasteiger partial charge in [-0.3, -0.25) is 9.59 Å². The lowest BCUT2D eigenvalue weighted by atomic mass is 10.2.